The molecule has 1 rings (SSSR count). The van der Waals surface area contributed by atoms with Crippen LogP contribution in [0.4, 0.5) is 4.39 Å². The Morgan fingerprint density at radius 1 is 1.36 bits per heavy atom. The summed E-state index contributed by atoms with van der Waals surface area (Å²) in [5.74, 6) is -0.177. The summed E-state index contributed by atoms with van der Waals surface area (Å²) in [7, 11) is 1.83. The maximum Gasteiger partial charge on any atom is 0.128 e. The van der Waals surface area contributed by atoms with Gasteiger partial charge in [0.15, 0.2) is 0 Å². The molecule has 0 saturated carbocycles. The maximum absolute atomic E-state index is 13.2. The van der Waals surface area contributed by atoms with Crippen LogP contribution in [0.3, 0.4) is 0 Å². The van der Waals surface area contributed by atoms with Crippen LogP contribution in [0.2, 0.25) is 0 Å². The molecule has 0 heterocycles. The molecule has 0 fully saturated rings. The van der Waals surface area contributed by atoms with Crippen molar-refractivity contribution in [2.45, 2.75) is 20.4 Å². The van der Waals surface area contributed by atoms with E-state index in [9.17, 15) is 4.39 Å². The summed E-state index contributed by atoms with van der Waals surface area (Å²) in [5, 5.41) is 5.93. The molecule has 14 heavy (non-hydrogen) atoms. The van der Waals surface area contributed by atoms with Crippen molar-refractivity contribution in [3.8, 4) is 0 Å². The highest BCUT2D eigenvalue weighted by Gasteiger charge is 2.02. The summed E-state index contributed by atoms with van der Waals surface area (Å²) < 4.78 is 13.2. The fourth-order valence-corrected chi connectivity index (χ4v) is 1.25. The van der Waals surface area contributed by atoms with Crippen LogP contribution in [0.15, 0.2) is 29.4 Å². The number of benzene rings is 1. The molecule has 0 spiro atoms. The van der Waals surface area contributed by atoms with Gasteiger partial charge < -0.3 is 0 Å². The Kier molecular flexibility index (Phi) is 3.63. The Labute approximate surface area is 84.0 Å². The van der Waals surface area contributed by atoms with E-state index in [0.29, 0.717) is 12.1 Å². The Morgan fingerprint density at radius 2 is 2.00 bits per heavy atom. The quantitative estimate of drug-likeness (QED) is 0.533. The third-order valence-corrected chi connectivity index (χ3v) is 1.73. The number of hydrogen-bond acceptors (Lipinski definition) is 2. The fourth-order valence-electron chi connectivity index (χ4n) is 1.25. The van der Waals surface area contributed by atoms with E-state index in [2.05, 4.69) is 5.10 Å². The molecular formula is C11H15FN2. The predicted octanol–water partition coefficient (Wildman–Crippen LogP) is 2.65. The lowest BCUT2D eigenvalue weighted by Crippen LogP contribution is -2.13. The molecule has 0 atom stereocenters. The smallest absolute Gasteiger partial charge is 0.128 e. The summed E-state index contributed by atoms with van der Waals surface area (Å²) in [6.07, 6.45) is 0. The molecule has 0 N–H and O–H groups in total. The van der Waals surface area contributed by atoms with Crippen LogP contribution in [0, 0.1) is 5.82 Å². The van der Waals surface area contributed by atoms with Gasteiger partial charge in [0.1, 0.15) is 5.82 Å². The van der Waals surface area contributed by atoms with Crippen molar-refractivity contribution in [1.82, 2.24) is 5.01 Å². The average molecular weight is 194 g/mol. The molecule has 0 saturated heterocycles. The van der Waals surface area contributed by atoms with Crippen molar-refractivity contribution in [1.29, 1.82) is 0 Å². The van der Waals surface area contributed by atoms with Gasteiger partial charge >= 0.3 is 0 Å². The fraction of sp³-hybridized carbons (Fsp3) is 0.364. The zero-order valence-electron chi connectivity index (χ0n) is 8.79. The van der Waals surface area contributed by atoms with E-state index in [1.54, 1.807) is 17.1 Å². The van der Waals surface area contributed by atoms with E-state index in [1.165, 1.54) is 6.07 Å². The number of nitrogens with zero attached hydrogens (tertiary/aromatic N) is 2. The molecule has 0 aliphatic rings. The monoisotopic (exact) mass is 194 g/mol. The highest BCUT2D eigenvalue weighted by Crippen LogP contribution is 2.08. The lowest BCUT2D eigenvalue weighted by molar-refractivity contribution is 0.340. The van der Waals surface area contributed by atoms with Gasteiger partial charge in [-0.3, -0.25) is 5.01 Å². The van der Waals surface area contributed by atoms with Crippen molar-refractivity contribution in [2.24, 2.45) is 5.10 Å². The second kappa shape index (κ2) is 4.74. The Bertz CT molecular complexity index is 330. The average Bonchev–Trinajstić information content (AvgIpc) is 2.07. The third kappa shape index (κ3) is 3.17. The number of hydrogen-bond donors (Lipinski definition) is 0. The SMILES string of the molecule is CC(C)=NN(C)Cc1ccccc1F. The summed E-state index contributed by atoms with van der Waals surface area (Å²) in [6.45, 7) is 4.33. The van der Waals surface area contributed by atoms with Crippen LogP contribution in [0.1, 0.15) is 19.4 Å². The van der Waals surface area contributed by atoms with Gasteiger partial charge in [-0.15, -0.1) is 0 Å². The first-order valence-corrected chi connectivity index (χ1v) is 4.56. The molecule has 0 unspecified atom stereocenters. The van der Waals surface area contributed by atoms with Crippen LogP contribution < -0.4 is 0 Å². The second-order valence-corrected chi connectivity index (χ2v) is 3.45. The molecule has 3 heteroatoms. The lowest BCUT2D eigenvalue weighted by Gasteiger charge is -2.13. The number of rotatable bonds is 3. The molecule has 2 nitrogen and oxygen atoms in total. The highest BCUT2D eigenvalue weighted by molar-refractivity contribution is 5.78. The minimum atomic E-state index is -0.177. The highest BCUT2D eigenvalue weighted by atomic mass is 19.1. The van der Waals surface area contributed by atoms with Crippen molar-refractivity contribution >= 4 is 5.71 Å². The molecule has 0 radical (unpaired) electrons. The number of hydrazone groups is 1. The summed E-state index contributed by atoms with van der Waals surface area (Å²) in [5.41, 5.74) is 1.63. The summed E-state index contributed by atoms with van der Waals surface area (Å²) in [6, 6.07) is 6.75. The predicted molar refractivity (Wildman–Crippen MR) is 56.7 cm³/mol. The van der Waals surface area contributed by atoms with Gasteiger partial charge in [0.05, 0.1) is 6.54 Å². The first-order valence-electron chi connectivity index (χ1n) is 4.56. The molecule has 1 aromatic carbocycles. The molecule has 0 aliphatic carbocycles. The van der Waals surface area contributed by atoms with Gasteiger partial charge in [0.25, 0.3) is 0 Å². The molecule has 0 amide bonds. The van der Waals surface area contributed by atoms with Crippen LogP contribution in [0.25, 0.3) is 0 Å². The van der Waals surface area contributed by atoms with Crippen LogP contribution in [-0.2, 0) is 6.54 Å². The summed E-state index contributed by atoms with van der Waals surface area (Å²) in [4.78, 5) is 0. The minimum absolute atomic E-state index is 0.177. The molecule has 0 aliphatic heterocycles. The van der Waals surface area contributed by atoms with E-state index in [-0.39, 0.29) is 5.82 Å². The summed E-state index contributed by atoms with van der Waals surface area (Å²) >= 11 is 0. The van der Waals surface area contributed by atoms with Gasteiger partial charge in [-0.25, -0.2) is 4.39 Å². The van der Waals surface area contributed by atoms with Crippen molar-refractivity contribution in [2.75, 3.05) is 7.05 Å². The van der Waals surface area contributed by atoms with E-state index in [4.69, 9.17) is 0 Å². The van der Waals surface area contributed by atoms with E-state index >= 15 is 0 Å². The van der Waals surface area contributed by atoms with Crippen LogP contribution in [0.5, 0.6) is 0 Å². The van der Waals surface area contributed by atoms with Crippen LogP contribution >= 0.6 is 0 Å². The van der Waals surface area contributed by atoms with Gasteiger partial charge in [0, 0.05) is 18.3 Å². The molecule has 0 aromatic heterocycles. The minimum Gasteiger partial charge on any atom is -0.296 e. The second-order valence-electron chi connectivity index (χ2n) is 3.45. The normalized spacial score (nSPS) is 9.71. The van der Waals surface area contributed by atoms with Crippen molar-refractivity contribution in [3.05, 3.63) is 35.6 Å². The van der Waals surface area contributed by atoms with E-state index in [0.717, 1.165) is 5.71 Å². The third-order valence-electron chi connectivity index (χ3n) is 1.73. The van der Waals surface area contributed by atoms with Crippen LogP contribution in [-0.4, -0.2) is 17.8 Å². The zero-order chi connectivity index (χ0) is 10.6. The lowest BCUT2D eigenvalue weighted by atomic mass is 10.2. The van der Waals surface area contributed by atoms with Crippen molar-refractivity contribution < 1.29 is 4.39 Å². The Hall–Kier alpha value is -1.38. The molecule has 76 valence electrons. The van der Waals surface area contributed by atoms with Gasteiger partial charge in [0.2, 0.25) is 0 Å². The van der Waals surface area contributed by atoms with Crippen molar-refractivity contribution in [3.63, 3.8) is 0 Å². The van der Waals surface area contributed by atoms with Gasteiger partial charge in [-0.2, -0.15) is 5.10 Å². The van der Waals surface area contributed by atoms with E-state index in [1.807, 2.05) is 27.0 Å². The van der Waals surface area contributed by atoms with E-state index < -0.39 is 0 Å². The number of halogens is 1. The largest absolute Gasteiger partial charge is 0.296 e. The molecule has 1 aromatic rings. The maximum atomic E-state index is 13.2. The standard InChI is InChI=1S/C11H15FN2/c1-9(2)13-14(3)8-10-6-4-5-7-11(10)12/h4-7H,8H2,1-3H3. The first kappa shape index (κ1) is 10.7. The topological polar surface area (TPSA) is 15.6 Å². The Morgan fingerprint density at radius 3 is 2.57 bits per heavy atom. The Balaban J connectivity index is 2.70. The van der Waals surface area contributed by atoms with Gasteiger partial charge in [-0.05, 0) is 19.9 Å². The molecule has 0 bridgehead atoms. The van der Waals surface area contributed by atoms with Gasteiger partial charge in [-0.1, -0.05) is 18.2 Å². The molecular weight excluding hydrogens is 179 g/mol. The zero-order valence-corrected chi connectivity index (χ0v) is 8.79. The first-order chi connectivity index (χ1) is 6.59.